The third kappa shape index (κ3) is 3.98. The number of benzene rings is 1. The molecular formula is C13H11ClO2S2. The van der Waals surface area contributed by atoms with Crippen molar-refractivity contribution >= 4 is 38.9 Å². The summed E-state index contributed by atoms with van der Waals surface area (Å²) in [5, 5.41) is 5.66. The fourth-order valence-electron chi connectivity index (χ4n) is 1.41. The van der Waals surface area contributed by atoms with Gasteiger partial charge in [0.05, 0.1) is 5.75 Å². The zero-order chi connectivity index (χ0) is 13.0. The maximum absolute atomic E-state index is 11.9. The number of sulfone groups is 1. The Morgan fingerprint density at radius 2 is 1.89 bits per heavy atom. The van der Waals surface area contributed by atoms with Crippen LogP contribution in [0.3, 0.4) is 0 Å². The molecule has 2 nitrogen and oxygen atoms in total. The van der Waals surface area contributed by atoms with Crippen LogP contribution >= 0.6 is 22.9 Å². The lowest BCUT2D eigenvalue weighted by Gasteiger charge is -1.99. The minimum Gasteiger partial charge on any atom is -0.224 e. The van der Waals surface area contributed by atoms with Gasteiger partial charge < -0.3 is 0 Å². The van der Waals surface area contributed by atoms with Crippen LogP contribution in [0.25, 0.3) is 6.08 Å². The lowest BCUT2D eigenvalue weighted by Crippen LogP contribution is -1.99. The third-order valence-electron chi connectivity index (χ3n) is 2.29. The second-order valence-corrected chi connectivity index (χ2v) is 6.90. The van der Waals surface area contributed by atoms with E-state index < -0.39 is 9.84 Å². The molecule has 0 saturated heterocycles. The molecule has 0 spiro atoms. The molecule has 0 amide bonds. The first-order valence-corrected chi connectivity index (χ1v) is 8.26. The summed E-state index contributed by atoms with van der Waals surface area (Å²) in [7, 11) is -3.24. The SMILES string of the molecule is O=S(=O)(/C=C/c1ccsc1)Cc1ccc(Cl)cc1. The molecule has 5 heteroatoms. The van der Waals surface area contributed by atoms with Crippen LogP contribution in [0.2, 0.25) is 5.02 Å². The fraction of sp³-hybridized carbons (Fsp3) is 0.0769. The molecule has 1 aromatic carbocycles. The van der Waals surface area contributed by atoms with Gasteiger partial charge in [0.15, 0.2) is 9.84 Å². The van der Waals surface area contributed by atoms with Crippen LogP contribution in [0.4, 0.5) is 0 Å². The van der Waals surface area contributed by atoms with E-state index >= 15 is 0 Å². The first-order valence-electron chi connectivity index (χ1n) is 5.23. The van der Waals surface area contributed by atoms with E-state index in [1.54, 1.807) is 30.3 Å². The predicted octanol–water partition coefficient (Wildman–Crippen LogP) is 3.99. The second kappa shape index (κ2) is 5.69. The largest absolute Gasteiger partial charge is 0.224 e. The molecule has 0 N–H and O–H groups in total. The zero-order valence-electron chi connectivity index (χ0n) is 9.41. The zero-order valence-corrected chi connectivity index (χ0v) is 11.8. The lowest BCUT2D eigenvalue weighted by molar-refractivity contribution is 0.604. The molecule has 2 rings (SSSR count). The maximum Gasteiger partial charge on any atom is 0.175 e. The molecule has 94 valence electrons. The van der Waals surface area contributed by atoms with Gasteiger partial charge in [-0.2, -0.15) is 11.3 Å². The van der Waals surface area contributed by atoms with Crippen molar-refractivity contribution in [2.45, 2.75) is 5.75 Å². The smallest absolute Gasteiger partial charge is 0.175 e. The van der Waals surface area contributed by atoms with Gasteiger partial charge in [0.2, 0.25) is 0 Å². The van der Waals surface area contributed by atoms with Crippen LogP contribution in [-0.4, -0.2) is 8.42 Å². The Labute approximate surface area is 115 Å². The molecule has 2 aromatic rings. The van der Waals surface area contributed by atoms with Crippen LogP contribution in [0.5, 0.6) is 0 Å². The Morgan fingerprint density at radius 3 is 2.50 bits per heavy atom. The predicted molar refractivity (Wildman–Crippen MR) is 77.4 cm³/mol. The van der Waals surface area contributed by atoms with Crippen molar-refractivity contribution in [3.05, 3.63) is 62.6 Å². The molecule has 0 saturated carbocycles. The second-order valence-electron chi connectivity index (χ2n) is 3.79. The summed E-state index contributed by atoms with van der Waals surface area (Å²) >= 11 is 7.28. The average Bonchev–Trinajstić information content (AvgIpc) is 2.83. The van der Waals surface area contributed by atoms with Crippen LogP contribution in [-0.2, 0) is 15.6 Å². The standard InChI is InChI=1S/C13H11ClO2S2/c14-13-3-1-12(2-4-13)10-18(15,16)8-6-11-5-7-17-9-11/h1-9H,10H2/b8-6+. The monoisotopic (exact) mass is 298 g/mol. The number of thiophene rings is 1. The summed E-state index contributed by atoms with van der Waals surface area (Å²) in [6, 6.07) is 8.69. The maximum atomic E-state index is 11.9. The minimum absolute atomic E-state index is 0.00912. The van der Waals surface area contributed by atoms with E-state index in [0.29, 0.717) is 5.02 Å². The van der Waals surface area contributed by atoms with Crippen molar-refractivity contribution in [1.82, 2.24) is 0 Å². The Hall–Kier alpha value is -1.10. The number of rotatable bonds is 4. The van der Waals surface area contributed by atoms with Crippen molar-refractivity contribution in [1.29, 1.82) is 0 Å². The molecule has 18 heavy (non-hydrogen) atoms. The first-order chi connectivity index (χ1) is 8.55. The molecule has 0 bridgehead atoms. The summed E-state index contributed by atoms with van der Waals surface area (Å²) in [5.74, 6) is -0.00912. The van der Waals surface area contributed by atoms with Gasteiger partial charge in [-0.25, -0.2) is 8.42 Å². The Balaban J connectivity index is 2.10. The van der Waals surface area contributed by atoms with Crippen molar-refractivity contribution in [3.63, 3.8) is 0 Å². The normalized spacial score (nSPS) is 12.1. The van der Waals surface area contributed by atoms with Crippen LogP contribution in [0.15, 0.2) is 46.5 Å². The van der Waals surface area contributed by atoms with Crippen LogP contribution in [0, 0.1) is 0 Å². The highest BCUT2D eigenvalue weighted by Crippen LogP contribution is 2.14. The Kier molecular flexibility index (Phi) is 4.22. The number of halogens is 1. The molecule has 0 aliphatic heterocycles. The van der Waals surface area contributed by atoms with Gasteiger partial charge >= 0.3 is 0 Å². The quantitative estimate of drug-likeness (QED) is 0.855. The first kappa shape index (κ1) is 13.3. The Bertz CT molecular complexity index is 626. The van der Waals surface area contributed by atoms with E-state index in [-0.39, 0.29) is 5.75 Å². The molecule has 0 aliphatic rings. The van der Waals surface area contributed by atoms with E-state index in [1.807, 2.05) is 16.8 Å². The van der Waals surface area contributed by atoms with E-state index in [1.165, 1.54) is 16.7 Å². The van der Waals surface area contributed by atoms with E-state index in [9.17, 15) is 8.42 Å². The van der Waals surface area contributed by atoms with Gasteiger partial charge in [-0.1, -0.05) is 23.7 Å². The van der Waals surface area contributed by atoms with Gasteiger partial charge in [-0.15, -0.1) is 0 Å². The molecule has 1 aromatic heterocycles. The van der Waals surface area contributed by atoms with Gasteiger partial charge in [-0.05, 0) is 46.2 Å². The van der Waals surface area contributed by atoms with Crippen LogP contribution in [0.1, 0.15) is 11.1 Å². The molecule has 0 aliphatic carbocycles. The highest BCUT2D eigenvalue weighted by atomic mass is 35.5. The Morgan fingerprint density at radius 1 is 1.17 bits per heavy atom. The molecule has 1 heterocycles. The molecular weight excluding hydrogens is 288 g/mol. The lowest BCUT2D eigenvalue weighted by atomic mass is 10.2. The summed E-state index contributed by atoms with van der Waals surface area (Å²) < 4.78 is 23.7. The van der Waals surface area contributed by atoms with Crippen molar-refractivity contribution in [3.8, 4) is 0 Å². The van der Waals surface area contributed by atoms with E-state index in [2.05, 4.69) is 0 Å². The summed E-state index contributed by atoms with van der Waals surface area (Å²) in [5.41, 5.74) is 1.63. The average molecular weight is 299 g/mol. The summed E-state index contributed by atoms with van der Waals surface area (Å²) in [6.45, 7) is 0. The molecule has 0 radical (unpaired) electrons. The molecule has 0 fully saturated rings. The van der Waals surface area contributed by atoms with Crippen LogP contribution < -0.4 is 0 Å². The van der Waals surface area contributed by atoms with Crippen molar-refractivity contribution in [2.75, 3.05) is 0 Å². The van der Waals surface area contributed by atoms with Gasteiger partial charge in [0.25, 0.3) is 0 Å². The molecule has 0 atom stereocenters. The van der Waals surface area contributed by atoms with E-state index in [0.717, 1.165) is 11.1 Å². The third-order valence-corrected chi connectivity index (χ3v) is 4.53. The van der Waals surface area contributed by atoms with E-state index in [4.69, 9.17) is 11.6 Å². The topological polar surface area (TPSA) is 34.1 Å². The van der Waals surface area contributed by atoms with Gasteiger partial charge in [0, 0.05) is 10.4 Å². The summed E-state index contributed by atoms with van der Waals surface area (Å²) in [4.78, 5) is 0. The van der Waals surface area contributed by atoms with Crippen molar-refractivity contribution < 1.29 is 8.42 Å². The van der Waals surface area contributed by atoms with Gasteiger partial charge in [0.1, 0.15) is 0 Å². The van der Waals surface area contributed by atoms with Gasteiger partial charge in [-0.3, -0.25) is 0 Å². The number of hydrogen-bond donors (Lipinski definition) is 0. The summed E-state index contributed by atoms with van der Waals surface area (Å²) in [6.07, 6.45) is 1.61. The highest BCUT2D eigenvalue weighted by Gasteiger charge is 2.07. The number of hydrogen-bond acceptors (Lipinski definition) is 3. The van der Waals surface area contributed by atoms with Crippen molar-refractivity contribution in [2.24, 2.45) is 0 Å². The minimum atomic E-state index is -3.24. The highest BCUT2D eigenvalue weighted by molar-refractivity contribution is 7.93. The fourth-order valence-corrected chi connectivity index (χ4v) is 3.29. The molecule has 0 unspecified atom stereocenters.